The standard InChI is InChI=1S/C12H11NO4/c1-2-15-12(14)9(6-13)8-3-4-10-11(5-8)17-7-16-10/h3-5,9H,2,7H2,1H3. The Bertz CT molecular complexity index is 478. The summed E-state index contributed by atoms with van der Waals surface area (Å²) >= 11 is 0. The molecule has 1 aliphatic heterocycles. The molecule has 0 saturated carbocycles. The van der Waals surface area contributed by atoms with Crippen molar-refractivity contribution in [1.82, 2.24) is 0 Å². The number of benzene rings is 1. The van der Waals surface area contributed by atoms with E-state index in [9.17, 15) is 4.79 Å². The van der Waals surface area contributed by atoms with E-state index >= 15 is 0 Å². The molecule has 1 unspecified atom stereocenters. The molecule has 1 aromatic rings. The van der Waals surface area contributed by atoms with E-state index in [0.717, 1.165) is 0 Å². The Morgan fingerprint density at radius 2 is 2.29 bits per heavy atom. The van der Waals surface area contributed by atoms with Crippen molar-refractivity contribution >= 4 is 5.97 Å². The van der Waals surface area contributed by atoms with Gasteiger partial charge in [-0.3, -0.25) is 4.79 Å². The molecule has 0 fully saturated rings. The van der Waals surface area contributed by atoms with Gasteiger partial charge in [-0.25, -0.2) is 0 Å². The summed E-state index contributed by atoms with van der Waals surface area (Å²) in [6.07, 6.45) is 0. The van der Waals surface area contributed by atoms with Crippen LogP contribution in [0.4, 0.5) is 0 Å². The normalized spacial score (nSPS) is 13.9. The number of nitriles is 1. The molecule has 0 saturated heterocycles. The summed E-state index contributed by atoms with van der Waals surface area (Å²) in [7, 11) is 0. The number of carbonyl (C=O) groups excluding carboxylic acids is 1. The van der Waals surface area contributed by atoms with Crippen LogP contribution in [0.3, 0.4) is 0 Å². The summed E-state index contributed by atoms with van der Waals surface area (Å²) in [6.45, 7) is 2.11. The molecular weight excluding hydrogens is 222 g/mol. The Balaban J connectivity index is 2.26. The second-order valence-corrected chi connectivity index (χ2v) is 3.43. The zero-order chi connectivity index (χ0) is 12.3. The molecule has 0 bridgehead atoms. The smallest absolute Gasteiger partial charge is 0.327 e. The van der Waals surface area contributed by atoms with Gasteiger partial charge in [0, 0.05) is 0 Å². The van der Waals surface area contributed by atoms with Crippen LogP contribution in [0.15, 0.2) is 18.2 Å². The minimum atomic E-state index is -0.926. The molecule has 1 aromatic carbocycles. The van der Waals surface area contributed by atoms with Crippen LogP contribution in [0.25, 0.3) is 0 Å². The van der Waals surface area contributed by atoms with E-state index in [4.69, 9.17) is 19.5 Å². The fraction of sp³-hybridized carbons (Fsp3) is 0.333. The molecule has 0 amide bonds. The summed E-state index contributed by atoms with van der Waals surface area (Å²) in [6, 6.07) is 6.90. The first-order valence-corrected chi connectivity index (χ1v) is 5.22. The lowest BCUT2D eigenvalue weighted by molar-refractivity contribution is -0.143. The monoisotopic (exact) mass is 233 g/mol. The molecule has 0 aromatic heterocycles. The molecule has 88 valence electrons. The third-order valence-electron chi connectivity index (χ3n) is 2.38. The molecular formula is C12H11NO4. The summed E-state index contributed by atoms with van der Waals surface area (Å²) in [5.41, 5.74) is 0.551. The number of rotatable bonds is 3. The van der Waals surface area contributed by atoms with Crippen molar-refractivity contribution in [2.45, 2.75) is 12.8 Å². The zero-order valence-electron chi connectivity index (χ0n) is 9.30. The van der Waals surface area contributed by atoms with Gasteiger partial charge < -0.3 is 14.2 Å². The van der Waals surface area contributed by atoms with Crippen molar-refractivity contribution in [3.63, 3.8) is 0 Å². The van der Waals surface area contributed by atoms with Crippen LogP contribution >= 0.6 is 0 Å². The van der Waals surface area contributed by atoms with Gasteiger partial charge >= 0.3 is 5.97 Å². The Morgan fingerprint density at radius 1 is 1.53 bits per heavy atom. The summed E-state index contributed by atoms with van der Waals surface area (Å²) < 4.78 is 15.2. The highest BCUT2D eigenvalue weighted by Gasteiger charge is 2.24. The topological polar surface area (TPSA) is 68.6 Å². The highest BCUT2D eigenvalue weighted by molar-refractivity contribution is 5.81. The van der Waals surface area contributed by atoms with Crippen LogP contribution in [0, 0.1) is 11.3 Å². The molecule has 0 radical (unpaired) electrons. The summed E-state index contributed by atoms with van der Waals surface area (Å²) in [5.74, 6) is -0.306. The van der Waals surface area contributed by atoms with Gasteiger partial charge in [0.05, 0.1) is 12.7 Å². The zero-order valence-corrected chi connectivity index (χ0v) is 9.30. The Labute approximate surface area is 98.5 Å². The van der Waals surface area contributed by atoms with Crippen molar-refractivity contribution < 1.29 is 19.0 Å². The van der Waals surface area contributed by atoms with E-state index < -0.39 is 11.9 Å². The van der Waals surface area contributed by atoms with E-state index in [1.807, 2.05) is 6.07 Å². The van der Waals surface area contributed by atoms with Crippen LogP contribution in [-0.2, 0) is 9.53 Å². The average molecular weight is 233 g/mol. The lowest BCUT2D eigenvalue weighted by Gasteiger charge is -2.08. The van der Waals surface area contributed by atoms with E-state index in [1.165, 1.54) is 0 Å². The van der Waals surface area contributed by atoms with Crippen LogP contribution in [0.2, 0.25) is 0 Å². The number of fused-ring (bicyclic) bond motifs is 1. The quantitative estimate of drug-likeness (QED) is 0.741. The van der Waals surface area contributed by atoms with Crippen LogP contribution in [-0.4, -0.2) is 19.4 Å². The molecule has 0 spiro atoms. The van der Waals surface area contributed by atoms with Gasteiger partial charge in [0.25, 0.3) is 0 Å². The molecule has 1 aliphatic rings. The van der Waals surface area contributed by atoms with Gasteiger partial charge in [-0.2, -0.15) is 5.26 Å². The van der Waals surface area contributed by atoms with Crippen LogP contribution < -0.4 is 9.47 Å². The van der Waals surface area contributed by atoms with E-state index in [2.05, 4.69) is 0 Å². The molecule has 1 heterocycles. The number of hydrogen-bond acceptors (Lipinski definition) is 5. The lowest BCUT2D eigenvalue weighted by atomic mass is 10.0. The van der Waals surface area contributed by atoms with Crippen molar-refractivity contribution in [3.05, 3.63) is 23.8 Å². The fourth-order valence-corrected chi connectivity index (χ4v) is 1.58. The summed E-state index contributed by atoms with van der Waals surface area (Å²) in [4.78, 5) is 11.6. The third kappa shape index (κ3) is 2.16. The average Bonchev–Trinajstić information content (AvgIpc) is 2.77. The van der Waals surface area contributed by atoms with Crippen molar-refractivity contribution in [2.75, 3.05) is 13.4 Å². The maximum absolute atomic E-state index is 11.6. The molecule has 5 nitrogen and oxygen atoms in total. The molecule has 0 N–H and O–H groups in total. The molecule has 1 atom stereocenters. The predicted molar refractivity (Wildman–Crippen MR) is 57.6 cm³/mol. The Hall–Kier alpha value is -2.22. The van der Waals surface area contributed by atoms with E-state index in [0.29, 0.717) is 17.1 Å². The van der Waals surface area contributed by atoms with Gasteiger partial charge in [-0.05, 0) is 24.6 Å². The lowest BCUT2D eigenvalue weighted by Crippen LogP contribution is -2.14. The van der Waals surface area contributed by atoms with Crippen molar-refractivity contribution in [1.29, 1.82) is 5.26 Å². The van der Waals surface area contributed by atoms with Crippen molar-refractivity contribution in [2.24, 2.45) is 0 Å². The summed E-state index contributed by atoms with van der Waals surface area (Å²) in [5, 5.41) is 9.00. The van der Waals surface area contributed by atoms with E-state index in [-0.39, 0.29) is 13.4 Å². The van der Waals surface area contributed by atoms with Crippen molar-refractivity contribution in [3.8, 4) is 17.6 Å². The second-order valence-electron chi connectivity index (χ2n) is 3.43. The van der Waals surface area contributed by atoms with Gasteiger partial charge in [0.2, 0.25) is 6.79 Å². The van der Waals surface area contributed by atoms with Crippen LogP contribution in [0.1, 0.15) is 18.4 Å². The number of ether oxygens (including phenoxy) is 3. The van der Waals surface area contributed by atoms with E-state index in [1.54, 1.807) is 25.1 Å². The Morgan fingerprint density at radius 3 is 3.00 bits per heavy atom. The predicted octanol–water partition coefficient (Wildman–Crippen LogP) is 1.59. The van der Waals surface area contributed by atoms with Gasteiger partial charge in [0.15, 0.2) is 17.4 Å². The number of nitrogens with zero attached hydrogens (tertiary/aromatic N) is 1. The maximum atomic E-state index is 11.6. The highest BCUT2D eigenvalue weighted by atomic mass is 16.7. The third-order valence-corrected chi connectivity index (χ3v) is 2.38. The first kappa shape index (κ1) is 11.3. The number of esters is 1. The highest BCUT2D eigenvalue weighted by Crippen LogP contribution is 2.34. The van der Waals surface area contributed by atoms with Crippen LogP contribution in [0.5, 0.6) is 11.5 Å². The Kier molecular flexibility index (Phi) is 3.15. The minimum Gasteiger partial charge on any atom is -0.465 e. The number of carbonyl (C=O) groups is 1. The first-order chi connectivity index (χ1) is 8.26. The molecule has 2 rings (SSSR count). The maximum Gasteiger partial charge on any atom is 0.327 e. The largest absolute Gasteiger partial charge is 0.465 e. The molecule has 5 heteroatoms. The molecule has 17 heavy (non-hydrogen) atoms. The van der Waals surface area contributed by atoms with Gasteiger partial charge in [-0.1, -0.05) is 6.07 Å². The first-order valence-electron chi connectivity index (χ1n) is 5.22. The fourth-order valence-electron chi connectivity index (χ4n) is 1.58. The second kappa shape index (κ2) is 4.74. The van der Waals surface area contributed by atoms with Gasteiger partial charge in [0.1, 0.15) is 0 Å². The molecule has 0 aliphatic carbocycles. The minimum absolute atomic E-state index is 0.162. The van der Waals surface area contributed by atoms with Gasteiger partial charge in [-0.15, -0.1) is 0 Å². The number of hydrogen-bond donors (Lipinski definition) is 0. The SMILES string of the molecule is CCOC(=O)C(C#N)c1ccc2c(c1)OCO2.